The Morgan fingerprint density at radius 3 is 2.47 bits per heavy atom. The first-order valence-corrected chi connectivity index (χ1v) is 10.4. The minimum Gasteiger partial charge on any atom is -0.465 e. The Hall–Kier alpha value is -4.10. The molecule has 3 aromatic rings. The first-order valence-electron chi connectivity index (χ1n) is 8.80. The summed E-state index contributed by atoms with van der Waals surface area (Å²) in [6, 6.07) is 9.14. The van der Waals surface area contributed by atoms with E-state index in [0.717, 1.165) is 12.3 Å². The van der Waals surface area contributed by atoms with Crippen LogP contribution in [0.25, 0.3) is 0 Å². The molecule has 3 rings (SSSR count). The van der Waals surface area contributed by atoms with Crippen LogP contribution in [0.15, 0.2) is 53.6 Å². The molecule has 6 N–H and O–H groups in total. The average molecular weight is 460 g/mol. The molecule has 0 fully saturated rings. The zero-order valence-electron chi connectivity index (χ0n) is 16.5. The van der Waals surface area contributed by atoms with E-state index in [1.54, 1.807) is 0 Å². The Labute approximate surface area is 181 Å². The number of carbonyl (C=O) groups excluding carboxylic acids is 2. The molecule has 0 unspecified atom stereocenters. The highest BCUT2D eigenvalue weighted by Crippen LogP contribution is 2.26. The number of nitrogens with zero attached hydrogens (tertiary/aromatic N) is 2. The maximum absolute atomic E-state index is 14.2. The summed E-state index contributed by atoms with van der Waals surface area (Å²) in [6.07, 6.45) is 1.07. The van der Waals surface area contributed by atoms with Gasteiger partial charge < -0.3 is 21.1 Å². The maximum atomic E-state index is 14.2. The van der Waals surface area contributed by atoms with Crippen LogP contribution in [0.4, 0.5) is 27.5 Å². The number of nitrogens with one attached hydrogen (secondary N) is 2. The number of benzene rings is 2. The topological polar surface area (TPSA) is 179 Å². The molecule has 11 nitrogen and oxygen atoms in total. The summed E-state index contributed by atoms with van der Waals surface area (Å²) < 4.78 is 42.5. The number of primary sulfonamides is 1. The minimum atomic E-state index is -4.10. The highest BCUT2D eigenvalue weighted by Gasteiger charge is 2.18. The number of halogens is 1. The lowest BCUT2D eigenvalue weighted by Crippen LogP contribution is -2.18. The molecular weight excluding hydrogens is 443 g/mol. The van der Waals surface area contributed by atoms with Crippen molar-refractivity contribution in [3.05, 3.63) is 65.6 Å². The van der Waals surface area contributed by atoms with Crippen molar-refractivity contribution in [3.63, 3.8) is 0 Å². The molecule has 1 aromatic heterocycles. The highest BCUT2D eigenvalue weighted by molar-refractivity contribution is 7.89. The molecule has 0 saturated carbocycles. The fraction of sp³-hybridized carbons (Fsp3) is 0.0526. The van der Waals surface area contributed by atoms with Crippen LogP contribution in [0.3, 0.4) is 0 Å². The smallest absolute Gasteiger partial charge is 0.337 e. The molecule has 0 aliphatic carbocycles. The number of carbonyl (C=O) groups is 2. The molecule has 0 aliphatic heterocycles. The summed E-state index contributed by atoms with van der Waals surface area (Å²) >= 11 is 0. The van der Waals surface area contributed by atoms with Crippen molar-refractivity contribution in [2.75, 3.05) is 17.7 Å². The number of primary amides is 1. The molecule has 1 heterocycles. The standard InChI is InChI=1S/C19H17FN6O5S/c1-31-18(28)10-6-7-12(20)14(8-10)25-19-23-9-11(16(21)27)17(26-19)24-13-4-2-3-5-15(13)32(22,29)30/h2-9H,1H3,(H2,21,27)(H2,22,29,30)(H2,23,24,25,26). The summed E-state index contributed by atoms with van der Waals surface area (Å²) in [5.74, 6) is -2.62. The van der Waals surface area contributed by atoms with Gasteiger partial charge in [0.2, 0.25) is 16.0 Å². The van der Waals surface area contributed by atoms with Crippen LogP contribution < -0.4 is 21.5 Å². The van der Waals surface area contributed by atoms with Gasteiger partial charge in [0.1, 0.15) is 22.1 Å². The van der Waals surface area contributed by atoms with Crippen molar-refractivity contribution in [1.29, 1.82) is 0 Å². The second kappa shape index (κ2) is 8.95. The number of amides is 1. The molecule has 0 aliphatic rings. The molecule has 1 amide bonds. The number of methoxy groups -OCH3 is 1. The van der Waals surface area contributed by atoms with Gasteiger partial charge in [-0.1, -0.05) is 12.1 Å². The number of para-hydroxylation sites is 1. The predicted molar refractivity (Wildman–Crippen MR) is 113 cm³/mol. The van der Waals surface area contributed by atoms with Crippen molar-refractivity contribution < 1.29 is 27.1 Å². The molecule has 0 bridgehead atoms. The summed E-state index contributed by atoms with van der Waals surface area (Å²) in [5.41, 5.74) is 5.15. The number of esters is 1. The third-order valence-electron chi connectivity index (χ3n) is 4.13. The number of ether oxygens (including phenoxy) is 1. The lowest BCUT2D eigenvalue weighted by molar-refractivity contribution is 0.0600. The fourth-order valence-corrected chi connectivity index (χ4v) is 3.34. The maximum Gasteiger partial charge on any atom is 0.337 e. The fourth-order valence-electron chi connectivity index (χ4n) is 2.65. The van der Waals surface area contributed by atoms with Crippen molar-refractivity contribution >= 4 is 45.0 Å². The van der Waals surface area contributed by atoms with Gasteiger partial charge >= 0.3 is 5.97 Å². The van der Waals surface area contributed by atoms with Crippen LogP contribution in [0, 0.1) is 5.82 Å². The van der Waals surface area contributed by atoms with E-state index in [4.69, 9.17) is 10.9 Å². The molecule has 166 valence electrons. The molecule has 2 aromatic carbocycles. The lowest BCUT2D eigenvalue weighted by atomic mass is 10.2. The Bertz CT molecular complexity index is 1320. The van der Waals surface area contributed by atoms with Gasteiger partial charge in [-0.25, -0.2) is 27.7 Å². The summed E-state index contributed by atoms with van der Waals surface area (Å²) in [6.45, 7) is 0. The molecule has 32 heavy (non-hydrogen) atoms. The van der Waals surface area contributed by atoms with E-state index in [0.29, 0.717) is 0 Å². The number of nitrogens with two attached hydrogens (primary N) is 2. The highest BCUT2D eigenvalue weighted by atomic mass is 32.2. The van der Waals surface area contributed by atoms with E-state index in [9.17, 15) is 22.4 Å². The zero-order valence-corrected chi connectivity index (χ0v) is 17.3. The second-order valence-corrected chi connectivity index (χ2v) is 7.83. The van der Waals surface area contributed by atoms with Crippen molar-refractivity contribution in [2.24, 2.45) is 10.9 Å². The Kier molecular flexibility index (Phi) is 6.32. The number of aromatic nitrogens is 2. The van der Waals surface area contributed by atoms with Crippen LogP contribution in [-0.2, 0) is 14.8 Å². The van der Waals surface area contributed by atoms with E-state index in [-0.39, 0.29) is 39.2 Å². The first kappa shape index (κ1) is 22.6. The van der Waals surface area contributed by atoms with Gasteiger partial charge in [-0.05, 0) is 30.3 Å². The van der Waals surface area contributed by atoms with Gasteiger partial charge in [0.15, 0.2) is 0 Å². The molecule has 0 spiro atoms. The Morgan fingerprint density at radius 2 is 1.81 bits per heavy atom. The number of anilines is 4. The van der Waals surface area contributed by atoms with Crippen LogP contribution in [0.1, 0.15) is 20.7 Å². The van der Waals surface area contributed by atoms with Crippen molar-refractivity contribution in [3.8, 4) is 0 Å². The average Bonchev–Trinajstić information content (AvgIpc) is 2.74. The summed E-state index contributed by atoms with van der Waals surface area (Å²) in [7, 11) is -2.92. The lowest BCUT2D eigenvalue weighted by Gasteiger charge is -2.14. The van der Waals surface area contributed by atoms with Gasteiger partial charge in [0.25, 0.3) is 5.91 Å². The minimum absolute atomic E-state index is 0.0287. The summed E-state index contributed by atoms with van der Waals surface area (Å²) in [5, 5.41) is 10.5. The SMILES string of the molecule is COC(=O)c1ccc(F)c(Nc2ncc(C(N)=O)c(Nc3ccccc3S(N)(=O)=O)n2)c1. The van der Waals surface area contributed by atoms with E-state index in [1.165, 1.54) is 43.5 Å². The molecular formula is C19H17FN6O5S. The Morgan fingerprint density at radius 1 is 1.09 bits per heavy atom. The van der Waals surface area contributed by atoms with Gasteiger partial charge in [-0.3, -0.25) is 4.79 Å². The zero-order chi connectivity index (χ0) is 23.5. The van der Waals surface area contributed by atoms with Gasteiger partial charge in [0.05, 0.1) is 24.0 Å². The van der Waals surface area contributed by atoms with Gasteiger partial charge in [-0.15, -0.1) is 0 Å². The second-order valence-electron chi connectivity index (χ2n) is 6.30. The van der Waals surface area contributed by atoms with Crippen molar-refractivity contribution in [1.82, 2.24) is 9.97 Å². The molecule has 13 heteroatoms. The largest absolute Gasteiger partial charge is 0.465 e. The normalized spacial score (nSPS) is 11.0. The number of hydrogen-bond acceptors (Lipinski definition) is 9. The van der Waals surface area contributed by atoms with E-state index in [1.807, 2.05) is 0 Å². The monoisotopic (exact) mass is 460 g/mol. The van der Waals surface area contributed by atoms with Crippen molar-refractivity contribution in [2.45, 2.75) is 4.90 Å². The molecule has 0 atom stereocenters. The quantitative estimate of drug-likeness (QED) is 0.381. The first-order chi connectivity index (χ1) is 15.1. The summed E-state index contributed by atoms with van der Waals surface area (Å²) in [4.78, 5) is 31.2. The van der Waals surface area contributed by atoms with E-state index in [2.05, 4.69) is 25.3 Å². The van der Waals surface area contributed by atoms with Gasteiger partial charge in [-0.2, -0.15) is 4.98 Å². The van der Waals surface area contributed by atoms with Crippen LogP contribution >= 0.6 is 0 Å². The van der Waals surface area contributed by atoms with Crippen LogP contribution in [0.2, 0.25) is 0 Å². The van der Waals surface area contributed by atoms with Gasteiger partial charge in [0, 0.05) is 6.20 Å². The number of hydrogen-bond donors (Lipinski definition) is 4. The number of rotatable bonds is 7. The van der Waals surface area contributed by atoms with Crippen LogP contribution in [-0.4, -0.2) is 37.4 Å². The van der Waals surface area contributed by atoms with E-state index >= 15 is 0 Å². The molecule has 0 radical (unpaired) electrons. The van der Waals surface area contributed by atoms with E-state index < -0.39 is 27.7 Å². The predicted octanol–water partition coefficient (Wildman–Crippen LogP) is 1.64. The van der Waals surface area contributed by atoms with Crippen LogP contribution in [0.5, 0.6) is 0 Å². The number of sulfonamides is 1. The third kappa shape index (κ3) is 4.96. The third-order valence-corrected chi connectivity index (χ3v) is 5.10. The Balaban J connectivity index is 2.02. The molecule has 0 saturated heterocycles.